The molecule has 1 aromatic rings. The predicted molar refractivity (Wildman–Crippen MR) is 69.2 cm³/mol. The summed E-state index contributed by atoms with van der Waals surface area (Å²) < 4.78 is 32.4. The number of ether oxygens (including phenoxy) is 2. The molecule has 1 aromatic heterocycles. The van der Waals surface area contributed by atoms with Crippen molar-refractivity contribution in [1.82, 2.24) is 4.98 Å². The Morgan fingerprint density at radius 1 is 1.47 bits per heavy atom. The smallest absolute Gasteiger partial charge is 0.310 e. The van der Waals surface area contributed by atoms with Gasteiger partial charge in [-0.1, -0.05) is 11.6 Å². The van der Waals surface area contributed by atoms with Crippen LogP contribution >= 0.6 is 22.3 Å². The molecular weight excluding hydrogens is 317 g/mol. The van der Waals surface area contributed by atoms with Gasteiger partial charge in [-0.3, -0.25) is 4.79 Å². The third-order valence-corrected chi connectivity index (χ3v) is 3.63. The van der Waals surface area contributed by atoms with E-state index >= 15 is 0 Å². The summed E-state index contributed by atoms with van der Waals surface area (Å²) in [5, 5.41) is -0.394. The lowest BCUT2D eigenvalue weighted by Gasteiger charge is -2.12. The van der Waals surface area contributed by atoms with Crippen molar-refractivity contribution in [3.05, 3.63) is 16.8 Å². The minimum Gasteiger partial charge on any atom is -0.493 e. The van der Waals surface area contributed by atoms with Crippen LogP contribution in [0.3, 0.4) is 0 Å². The van der Waals surface area contributed by atoms with Crippen LogP contribution in [-0.4, -0.2) is 33.1 Å². The fourth-order valence-electron chi connectivity index (χ4n) is 1.39. The van der Waals surface area contributed by atoms with Gasteiger partial charge < -0.3 is 9.47 Å². The van der Waals surface area contributed by atoms with Crippen LogP contribution in [-0.2, 0) is 25.0 Å². The van der Waals surface area contributed by atoms with Gasteiger partial charge in [-0.2, -0.15) is 0 Å². The summed E-state index contributed by atoms with van der Waals surface area (Å²) in [6.07, 6.45) is 0.853. The van der Waals surface area contributed by atoms with Crippen molar-refractivity contribution in [2.24, 2.45) is 0 Å². The molecule has 6 nitrogen and oxygen atoms in total. The third-order valence-electron chi connectivity index (χ3n) is 2.11. The number of carbonyl (C=O) groups is 1. The number of rotatable bonds is 5. The summed E-state index contributed by atoms with van der Waals surface area (Å²) in [6, 6.07) is 0. The second-order valence-electron chi connectivity index (χ2n) is 3.34. The molecule has 0 unspecified atom stereocenters. The Bertz CT molecular complexity index is 588. The highest BCUT2D eigenvalue weighted by atomic mass is 35.7. The number of pyridine rings is 1. The van der Waals surface area contributed by atoms with Crippen molar-refractivity contribution in [2.45, 2.75) is 18.4 Å². The van der Waals surface area contributed by atoms with Gasteiger partial charge in [-0.25, -0.2) is 13.4 Å². The fraction of sp³-hybridized carbons (Fsp3) is 0.400. The quantitative estimate of drug-likeness (QED) is 0.605. The molecule has 0 bridgehead atoms. The number of hydrogen-bond donors (Lipinski definition) is 0. The Kier molecular flexibility index (Phi) is 5.39. The van der Waals surface area contributed by atoms with Crippen molar-refractivity contribution >= 4 is 37.3 Å². The zero-order valence-electron chi connectivity index (χ0n) is 10.1. The Labute approximate surface area is 120 Å². The molecule has 0 aliphatic rings. The topological polar surface area (TPSA) is 82.6 Å². The van der Waals surface area contributed by atoms with Crippen LogP contribution in [0.2, 0.25) is 5.02 Å². The maximum Gasteiger partial charge on any atom is 0.310 e. The van der Waals surface area contributed by atoms with Gasteiger partial charge >= 0.3 is 5.97 Å². The Morgan fingerprint density at radius 2 is 2.11 bits per heavy atom. The van der Waals surface area contributed by atoms with E-state index in [1.807, 2.05) is 0 Å². The third kappa shape index (κ3) is 3.95. The molecule has 0 spiro atoms. The van der Waals surface area contributed by atoms with Gasteiger partial charge in [-0.05, 0) is 6.92 Å². The van der Waals surface area contributed by atoms with E-state index in [0.29, 0.717) is 0 Å². The maximum absolute atomic E-state index is 11.5. The van der Waals surface area contributed by atoms with E-state index < -0.39 is 20.0 Å². The SMILES string of the molecule is CCOC(=O)Cc1c(Cl)cnc(S(=O)(=O)Cl)c1OC. The molecule has 0 amide bonds. The van der Waals surface area contributed by atoms with Gasteiger partial charge in [0.1, 0.15) is 0 Å². The number of halogens is 2. The highest BCUT2D eigenvalue weighted by Gasteiger charge is 2.25. The normalized spacial score (nSPS) is 11.2. The van der Waals surface area contributed by atoms with Crippen LogP contribution in [0.5, 0.6) is 5.75 Å². The Hall–Kier alpha value is -1.05. The fourth-order valence-corrected chi connectivity index (χ4v) is 2.53. The second-order valence-corrected chi connectivity index (χ2v) is 6.23. The predicted octanol–water partition coefficient (Wildman–Crippen LogP) is 1.78. The van der Waals surface area contributed by atoms with Gasteiger partial charge in [0.25, 0.3) is 9.05 Å². The summed E-state index contributed by atoms with van der Waals surface area (Å²) in [5.74, 6) is -0.720. The highest BCUT2D eigenvalue weighted by Crippen LogP contribution is 2.33. The van der Waals surface area contributed by atoms with E-state index in [1.54, 1.807) is 6.92 Å². The van der Waals surface area contributed by atoms with Gasteiger partial charge in [0.05, 0.1) is 25.2 Å². The molecule has 0 aliphatic heterocycles. The lowest BCUT2D eigenvalue weighted by atomic mass is 10.2. The number of esters is 1. The molecule has 0 atom stereocenters. The minimum atomic E-state index is -4.11. The molecule has 106 valence electrons. The van der Waals surface area contributed by atoms with Crippen LogP contribution < -0.4 is 4.74 Å². The van der Waals surface area contributed by atoms with Crippen LogP contribution in [0.4, 0.5) is 0 Å². The van der Waals surface area contributed by atoms with Crippen LogP contribution in [0.1, 0.15) is 12.5 Å². The van der Waals surface area contributed by atoms with Crippen molar-refractivity contribution in [1.29, 1.82) is 0 Å². The molecule has 0 aliphatic carbocycles. The lowest BCUT2D eigenvalue weighted by molar-refractivity contribution is -0.142. The standard InChI is InChI=1S/C10H11Cl2NO5S/c1-3-18-8(14)4-6-7(11)5-13-10(9(6)17-2)19(12,15)16/h5H,3-4H2,1-2H3. The molecule has 0 saturated carbocycles. The molecule has 19 heavy (non-hydrogen) atoms. The monoisotopic (exact) mass is 327 g/mol. The van der Waals surface area contributed by atoms with E-state index in [2.05, 4.69) is 4.98 Å². The van der Waals surface area contributed by atoms with E-state index in [4.69, 9.17) is 31.8 Å². The average Bonchev–Trinajstić information content (AvgIpc) is 2.30. The first-order chi connectivity index (χ1) is 8.81. The average molecular weight is 328 g/mol. The largest absolute Gasteiger partial charge is 0.493 e. The van der Waals surface area contributed by atoms with Crippen molar-refractivity contribution < 1.29 is 22.7 Å². The lowest BCUT2D eigenvalue weighted by Crippen LogP contribution is -2.11. The van der Waals surface area contributed by atoms with E-state index in [9.17, 15) is 13.2 Å². The highest BCUT2D eigenvalue weighted by molar-refractivity contribution is 8.13. The summed E-state index contributed by atoms with van der Waals surface area (Å²) in [6.45, 7) is 1.85. The molecule has 1 heterocycles. The summed E-state index contributed by atoms with van der Waals surface area (Å²) in [5.41, 5.74) is 0.164. The molecule has 9 heteroatoms. The molecule has 0 aromatic carbocycles. The van der Waals surface area contributed by atoms with Gasteiger partial charge in [0, 0.05) is 22.4 Å². The molecule has 0 saturated heterocycles. The number of methoxy groups -OCH3 is 1. The van der Waals surface area contributed by atoms with Gasteiger partial charge in [0.2, 0.25) is 5.03 Å². The van der Waals surface area contributed by atoms with Crippen molar-refractivity contribution in [3.8, 4) is 5.75 Å². The number of nitrogens with zero attached hydrogens (tertiary/aromatic N) is 1. The van der Waals surface area contributed by atoms with Crippen LogP contribution in [0, 0.1) is 0 Å². The first-order valence-corrected chi connectivity index (χ1v) is 7.81. The van der Waals surface area contributed by atoms with Crippen LogP contribution in [0.25, 0.3) is 0 Å². The Balaban J connectivity index is 3.33. The molecule has 1 rings (SSSR count). The van der Waals surface area contributed by atoms with Crippen molar-refractivity contribution in [2.75, 3.05) is 13.7 Å². The van der Waals surface area contributed by atoms with Gasteiger partial charge in [-0.15, -0.1) is 0 Å². The van der Waals surface area contributed by atoms with E-state index in [-0.39, 0.29) is 29.4 Å². The molecular formula is C10H11Cl2NO5S. The Morgan fingerprint density at radius 3 is 2.58 bits per heavy atom. The number of hydrogen-bond acceptors (Lipinski definition) is 6. The summed E-state index contributed by atoms with van der Waals surface area (Å²) in [4.78, 5) is 15.1. The van der Waals surface area contributed by atoms with E-state index in [0.717, 1.165) is 6.20 Å². The van der Waals surface area contributed by atoms with Crippen molar-refractivity contribution in [3.63, 3.8) is 0 Å². The zero-order valence-corrected chi connectivity index (χ0v) is 12.5. The minimum absolute atomic E-state index is 0.0916. The molecule has 0 fully saturated rings. The summed E-state index contributed by atoms with van der Waals surface area (Å²) >= 11 is 5.89. The van der Waals surface area contributed by atoms with Gasteiger partial charge in [0.15, 0.2) is 5.75 Å². The van der Waals surface area contributed by atoms with E-state index in [1.165, 1.54) is 7.11 Å². The molecule has 0 radical (unpaired) electrons. The summed E-state index contributed by atoms with van der Waals surface area (Å²) in [7, 11) is 2.36. The first kappa shape index (κ1) is 16.0. The number of carbonyl (C=O) groups excluding carboxylic acids is 1. The van der Waals surface area contributed by atoms with Crippen LogP contribution in [0.15, 0.2) is 11.2 Å². The maximum atomic E-state index is 11.5. The zero-order chi connectivity index (χ0) is 14.6. The number of aromatic nitrogens is 1. The second kappa shape index (κ2) is 6.40. The molecule has 0 N–H and O–H groups in total. The first-order valence-electron chi connectivity index (χ1n) is 5.12.